The van der Waals surface area contributed by atoms with Crippen molar-refractivity contribution >= 4 is 5.84 Å². The molecule has 0 amide bonds. The number of hydrogen-bond acceptors (Lipinski definition) is 3. The Labute approximate surface area is 98.5 Å². The standard InChI is InChI=1S/C12H25N3O/c1-12(2,11(13)14-16)7-8-15(3)9-10-5-4-6-10/h10,16H,4-9H2,1-3H3,(H2,13,14). The fraction of sp³-hybridized carbons (Fsp3) is 0.917. The molecule has 16 heavy (non-hydrogen) atoms. The fourth-order valence-corrected chi connectivity index (χ4v) is 1.94. The van der Waals surface area contributed by atoms with E-state index in [1.807, 2.05) is 13.8 Å². The van der Waals surface area contributed by atoms with Gasteiger partial charge in [-0.05, 0) is 38.8 Å². The lowest BCUT2D eigenvalue weighted by atomic mass is 9.84. The molecule has 1 rings (SSSR count). The molecule has 3 N–H and O–H groups in total. The second-order valence-corrected chi connectivity index (χ2v) is 5.68. The molecular formula is C12H25N3O. The molecule has 0 unspecified atom stereocenters. The quantitative estimate of drug-likeness (QED) is 0.315. The Morgan fingerprint density at radius 3 is 2.56 bits per heavy atom. The first-order chi connectivity index (χ1) is 7.45. The van der Waals surface area contributed by atoms with E-state index in [2.05, 4.69) is 17.1 Å². The Balaban J connectivity index is 2.26. The lowest BCUT2D eigenvalue weighted by molar-refractivity contribution is 0.193. The zero-order valence-electron chi connectivity index (χ0n) is 10.7. The minimum atomic E-state index is -0.220. The first-order valence-electron chi connectivity index (χ1n) is 6.12. The highest BCUT2D eigenvalue weighted by atomic mass is 16.4. The molecule has 1 aliphatic carbocycles. The van der Waals surface area contributed by atoms with Gasteiger partial charge < -0.3 is 15.8 Å². The molecule has 0 atom stereocenters. The van der Waals surface area contributed by atoms with Crippen molar-refractivity contribution in [2.24, 2.45) is 22.2 Å². The van der Waals surface area contributed by atoms with Crippen LogP contribution in [0.25, 0.3) is 0 Å². The Kier molecular flexibility index (Phi) is 4.59. The van der Waals surface area contributed by atoms with Crippen molar-refractivity contribution in [3.8, 4) is 0 Å². The van der Waals surface area contributed by atoms with Crippen molar-refractivity contribution in [3.63, 3.8) is 0 Å². The summed E-state index contributed by atoms with van der Waals surface area (Å²) in [6.45, 7) is 6.21. The molecule has 0 heterocycles. The van der Waals surface area contributed by atoms with E-state index in [-0.39, 0.29) is 5.41 Å². The third-order valence-corrected chi connectivity index (χ3v) is 3.71. The van der Waals surface area contributed by atoms with Crippen LogP contribution >= 0.6 is 0 Å². The van der Waals surface area contributed by atoms with Crippen LogP contribution in [-0.2, 0) is 0 Å². The summed E-state index contributed by atoms with van der Waals surface area (Å²) < 4.78 is 0. The van der Waals surface area contributed by atoms with Gasteiger partial charge in [-0.25, -0.2) is 0 Å². The minimum absolute atomic E-state index is 0.220. The van der Waals surface area contributed by atoms with Gasteiger partial charge in [0.05, 0.1) is 0 Å². The van der Waals surface area contributed by atoms with E-state index in [4.69, 9.17) is 10.9 Å². The second-order valence-electron chi connectivity index (χ2n) is 5.68. The van der Waals surface area contributed by atoms with E-state index in [1.165, 1.54) is 25.8 Å². The molecule has 0 aromatic rings. The van der Waals surface area contributed by atoms with Crippen molar-refractivity contribution in [3.05, 3.63) is 0 Å². The molecule has 0 bridgehead atoms. The molecule has 0 aromatic heterocycles. The van der Waals surface area contributed by atoms with Gasteiger partial charge in [0.2, 0.25) is 0 Å². The third-order valence-electron chi connectivity index (χ3n) is 3.71. The number of oxime groups is 1. The maximum absolute atomic E-state index is 8.68. The second kappa shape index (κ2) is 5.53. The normalized spacial score (nSPS) is 18.9. The van der Waals surface area contributed by atoms with Crippen LogP contribution in [0.3, 0.4) is 0 Å². The van der Waals surface area contributed by atoms with Crippen molar-refractivity contribution in [1.82, 2.24) is 4.90 Å². The molecule has 4 heteroatoms. The van der Waals surface area contributed by atoms with Crippen LogP contribution in [0, 0.1) is 11.3 Å². The first kappa shape index (κ1) is 13.3. The van der Waals surface area contributed by atoms with Crippen molar-refractivity contribution in [1.29, 1.82) is 0 Å². The Morgan fingerprint density at radius 2 is 2.12 bits per heavy atom. The van der Waals surface area contributed by atoms with Gasteiger partial charge in [0, 0.05) is 12.0 Å². The molecule has 1 saturated carbocycles. The van der Waals surface area contributed by atoms with Gasteiger partial charge in [0.15, 0.2) is 0 Å². The Morgan fingerprint density at radius 1 is 1.50 bits per heavy atom. The van der Waals surface area contributed by atoms with Crippen LogP contribution < -0.4 is 5.73 Å². The van der Waals surface area contributed by atoms with E-state index in [1.54, 1.807) is 0 Å². The maximum atomic E-state index is 8.68. The molecule has 4 nitrogen and oxygen atoms in total. The predicted octanol–water partition coefficient (Wildman–Crippen LogP) is 1.88. The van der Waals surface area contributed by atoms with Crippen LogP contribution in [0.5, 0.6) is 0 Å². The molecule has 0 saturated heterocycles. The monoisotopic (exact) mass is 227 g/mol. The summed E-state index contributed by atoms with van der Waals surface area (Å²) in [5.74, 6) is 1.22. The summed E-state index contributed by atoms with van der Waals surface area (Å²) in [5.41, 5.74) is 5.44. The average molecular weight is 227 g/mol. The van der Waals surface area contributed by atoms with Crippen molar-refractivity contribution in [2.45, 2.75) is 39.5 Å². The number of hydrogen-bond donors (Lipinski definition) is 2. The molecule has 0 aliphatic heterocycles. The van der Waals surface area contributed by atoms with Crippen LogP contribution in [0.15, 0.2) is 5.16 Å². The van der Waals surface area contributed by atoms with Crippen LogP contribution in [0.1, 0.15) is 39.5 Å². The van der Waals surface area contributed by atoms with E-state index in [0.29, 0.717) is 5.84 Å². The highest BCUT2D eigenvalue weighted by Crippen LogP contribution is 2.27. The van der Waals surface area contributed by atoms with Crippen molar-refractivity contribution < 1.29 is 5.21 Å². The SMILES string of the molecule is CN(CCC(C)(C)C(N)=NO)CC1CCC1. The van der Waals surface area contributed by atoms with Crippen LogP contribution in [0.2, 0.25) is 0 Å². The summed E-state index contributed by atoms with van der Waals surface area (Å²) in [7, 11) is 2.15. The largest absolute Gasteiger partial charge is 0.409 e. The lowest BCUT2D eigenvalue weighted by Gasteiger charge is -2.32. The molecular weight excluding hydrogens is 202 g/mol. The summed E-state index contributed by atoms with van der Waals surface area (Å²) in [4.78, 5) is 2.36. The van der Waals surface area contributed by atoms with Crippen LogP contribution in [-0.4, -0.2) is 36.1 Å². The molecule has 94 valence electrons. The van der Waals surface area contributed by atoms with Crippen molar-refractivity contribution in [2.75, 3.05) is 20.1 Å². The highest BCUT2D eigenvalue weighted by Gasteiger charge is 2.25. The Hall–Kier alpha value is -0.770. The fourth-order valence-electron chi connectivity index (χ4n) is 1.94. The predicted molar refractivity (Wildman–Crippen MR) is 66.6 cm³/mol. The first-order valence-corrected chi connectivity index (χ1v) is 6.12. The van der Waals surface area contributed by atoms with Gasteiger partial charge >= 0.3 is 0 Å². The average Bonchev–Trinajstić information content (AvgIpc) is 2.19. The molecule has 0 aromatic carbocycles. The van der Waals surface area contributed by atoms with Crippen LogP contribution in [0.4, 0.5) is 0 Å². The number of amidine groups is 1. The zero-order valence-corrected chi connectivity index (χ0v) is 10.7. The third kappa shape index (κ3) is 3.67. The number of nitrogens with zero attached hydrogens (tertiary/aromatic N) is 2. The van der Waals surface area contributed by atoms with E-state index < -0.39 is 0 Å². The molecule has 0 radical (unpaired) electrons. The number of rotatable bonds is 6. The smallest absolute Gasteiger partial charge is 0.144 e. The molecule has 0 spiro atoms. The Bertz CT molecular complexity index is 247. The van der Waals surface area contributed by atoms with Gasteiger partial charge in [-0.2, -0.15) is 0 Å². The summed E-state index contributed by atoms with van der Waals surface area (Å²) in [5, 5.41) is 11.8. The molecule has 1 aliphatic rings. The summed E-state index contributed by atoms with van der Waals surface area (Å²) in [6, 6.07) is 0. The summed E-state index contributed by atoms with van der Waals surface area (Å²) >= 11 is 0. The van der Waals surface area contributed by atoms with Gasteiger partial charge in [-0.3, -0.25) is 0 Å². The summed E-state index contributed by atoms with van der Waals surface area (Å²) in [6.07, 6.45) is 5.09. The van der Waals surface area contributed by atoms with Gasteiger partial charge in [0.1, 0.15) is 5.84 Å². The maximum Gasteiger partial charge on any atom is 0.144 e. The van der Waals surface area contributed by atoms with E-state index >= 15 is 0 Å². The number of nitrogens with two attached hydrogens (primary N) is 1. The van der Waals surface area contributed by atoms with Gasteiger partial charge in [-0.15, -0.1) is 0 Å². The van der Waals surface area contributed by atoms with Gasteiger partial charge in [0.25, 0.3) is 0 Å². The van der Waals surface area contributed by atoms with Gasteiger partial charge in [-0.1, -0.05) is 25.4 Å². The highest BCUT2D eigenvalue weighted by molar-refractivity contribution is 5.85. The minimum Gasteiger partial charge on any atom is -0.409 e. The topological polar surface area (TPSA) is 61.8 Å². The molecule has 1 fully saturated rings. The van der Waals surface area contributed by atoms with E-state index in [0.717, 1.165) is 18.9 Å². The lowest BCUT2D eigenvalue weighted by Crippen LogP contribution is -2.37. The van der Waals surface area contributed by atoms with E-state index in [9.17, 15) is 0 Å². The zero-order chi connectivity index (χ0) is 12.2.